The molecular weight excluding hydrogens is 418 g/mol. The normalized spacial score (nSPS) is 10.9. The smallest absolute Gasteiger partial charge is 0.262 e. The molecule has 0 aromatic heterocycles. The van der Waals surface area contributed by atoms with Crippen molar-refractivity contribution in [2.45, 2.75) is 11.8 Å². The molecule has 0 heterocycles. The summed E-state index contributed by atoms with van der Waals surface area (Å²) in [5, 5.41) is 2.62. The number of hydrogen-bond donors (Lipinski definition) is 3. The van der Waals surface area contributed by atoms with E-state index in [4.69, 9.17) is 10.5 Å². The number of ether oxygens (including phenoxy) is 1. The molecule has 0 saturated heterocycles. The van der Waals surface area contributed by atoms with Crippen molar-refractivity contribution >= 4 is 33.2 Å². The standard InChI is InChI=1S/C22H21N3O5S/c1-15-4-2-3-5-20(15)25-31(28,29)19-12-10-18(11-13-19)30-14-21(26)24-17-8-6-16(7-9-17)22(23)27/h2-13,25H,14H2,1H3,(H2,23,27)(H,24,26). The summed E-state index contributed by atoms with van der Waals surface area (Å²) in [6, 6.07) is 18.9. The second-order valence-corrected chi connectivity index (χ2v) is 8.35. The van der Waals surface area contributed by atoms with Gasteiger partial charge in [-0.15, -0.1) is 0 Å². The van der Waals surface area contributed by atoms with Gasteiger partial charge in [0, 0.05) is 11.3 Å². The summed E-state index contributed by atoms with van der Waals surface area (Å²) in [5.74, 6) is -0.625. The zero-order chi connectivity index (χ0) is 22.4. The maximum atomic E-state index is 12.6. The summed E-state index contributed by atoms with van der Waals surface area (Å²) in [5.41, 5.74) is 7.30. The highest BCUT2D eigenvalue weighted by Crippen LogP contribution is 2.21. The average molecular weight is 439 g/mol. The van der Waals surface area contributed by atoms with Gasteiger partial charge in [0.15, 0.2) is 6.61 Å². The Bertz CT molecular complexity index is 1190. The Balaban J connectivity index is 1.57. The van der Waals surface area contributed by atoms with Crippen molar-refractivity contribution < 1.29 is 22.7 Å². The van der Waals surface area contributed by atoms with E-state index in [2.05, 4.69) is 10.0 Å². The molecule has 0 aliphatic heterocycles. The van der Waals surface area contributed by atoms with Gasteiger partial charge in [-0.05, 0) is 67.1 Å². The van der Waals surface area contributed by atoms with Gasteiger partial charge < -0.3 is 15.8 Å². The first-order chi connectivity index (χ1) is 14.7. The molecule has 3 rings (SSSR count). The third-order valence-electron chi connectivity index (χ3n) is 4.35. The molecule has 4 N–H and O–H groups in total. The molecule has 8 nitrogen and oxygen atoms in total. The number of carbonyl (C=O) groups excluding carboxylic acids is 2. The SMILES string of the molecule is Cc1ccccc1NS(=O)(=O)c1ccc(OCC(=O)Nc2ccc(C(N)=O)cc2)cc1. The number of carbonyl (C=O) groups is 2. The quantitative estimate of drug-likeness (QED) is 0.497. The number of nitrogens with one attached hydrogen (secondary N) is 2. The third kappa shape index (κ3) is 5.83. The fourth-order valence-corrected chi connectivity index (χ4v) is 3.80. The molecule has 9 heteroatoms. The van der Waals surface area contributed by atoms with E-state index < -0.39 is 21.8 Å². The van der Waals surface area contributed by atoms with E-state index in [9.17, 15) is 18.0 Å². The van der Waals surface area contributed by atoms with Crippen LogP contribution in [0.2, 0.25) is 0 Å². The summed E-state index contributed by atoms with van der Waals surface area (Å²) in [6.45, 7) is 1.54. The molecule has 0 aliphatic rings. The molecule has 3 aromatic rings. The Morgan fingerprint density at radius 3 is 2.19 bits per heavy atom. The number of primary amides is 1. The molecule has 3 aromatic carbocycles. The summed E-state index contributed by atoms with van der Waals surface area (Å²) < 4.78 is 33.1. The number of aryl methyl sites for hydroxylation is 1. The van der Waals surface area contributed by atoms with Gasteiger partial charge >= 0.3 is 0 Å². The molecule has 0 spiro atoms. The number of hydrogen-bond acceptors (Lipinski definition) is 5. The van der Waals surface area contributed by atoms with Crippen molar-refractivity contribution in [3.8, 4) is 5.75 Å². The molecule has 0 unspecified atom stereocenters. The van der Waals surface area contributed by atoms with Crippen molar-refractivity contribution in [3.63, 3.8) is 0 Å². The van der Waals surface area contributed by atoms with Gasteiger partial charge in [-0.3, -0.25) is 14.3 Å². The van der Waals surface area contributed by atoms with Crippen molar-refractivity contribution in [3.05, 3.63) is 83.9 Å². The van der Waals surface area contributed by atoms with Gasteiger partial charge in [0.25, 0.3) is 15.9 Å². The monoisotopic (exact) mass is 439 g/mol. The summed E-state index contributed by atoms with van der Waals surface area (Å²) in [6.07, 6.45) is 0. The minimum Gasteiger partial charge on any atom is -0.484 e. The van der Waals surface area contributed by atoms with Gasteiger partial charge in [-0.25, -0.2) is 8.42 Å². The minimum absolute atomic E-state index is 0.0714. The zero-order valence-electron chi connectivity index (χ0n) is 16.7. The molecule has 160 valence electrons. The maximum Gasteiger partial charge on any atom is 0.262 e. The van der Waals surface area contributed by atoms with Gasteiger partial charge in [-0.1, -0.05) is 18.2 Å². The predicted molar refractivity (Wildman–Crippen MR) is 118 cm³/mol. The highest BCUT2D eigenvalue weighted by atomic mass is 32.2. The number of rotatable bonds is 8. The van der Waals surface area contributed by atoms with Crippen molar-refractivity contribution in [1.29, 1.82) is 0 Å². The number of para-hydroxylation sites is 1. The first kappa shape index (κ1) is 21.8. The van der Waals surface area contributed by atoms with Crippen LogP contribution in [0.1, 0.15) is 15.9 Å². The molecule has 0 radical (unpaired) electrons. The molecule has 0 saturated carbocycles. The topological polar surface area (TPSA) is 128 Å². The highest BCUT2D eigenvalue weighted by molar-refractivity contribution is 7.92. The van der Waals surface area contributed by atoms with Crippen LogP contribution in [-0.2, 0) is 14.8 Å². The third-order valence-corrected chi connectivity index (χ3v) is 5.73. The van der Waals surface area contributed by atoms with Crippen LogP contribution in [0.3, 0.4) is 0 Å². The summed E-state index contributed by atoms with van der Waals surface area (Å²) >= 11 is 0. The van der Waals surface area contributed by atoms with Crippen LogP contribution in [0.4, 0.5) is 11.4 Å². The van der Waals surface area contributed by atoms with Gasteiger partial charge in [-0.2, -0.15) is 0 Å². The molecule has 0 fully saturated rings. The largest absolute Gasteiger partial charge is 0.484 e. The number of nitrogens with two attached hydrogens (primary N) is 1. The Labute approximate surface area is 180 Å². The van der Waals surface area contributed by atoms with Crippen molar-refractivity contribution in [2.75, 3.05) is 16.6 Å². The van der Waals surface area contributed by atoms with Crippen LogP contribution in [0.5, 0.6) is 5.75 Å². The molecule has 0 bridgehead atoms. The van der Waals surface area contributed by atoms with Crippen LogP contribution < -0.4 is 20.5 Å². The number of sulfonamides is 1. The molecule has 0 aliphatic carbocycles. The van der Waals surface area contributed by atoms with Crippen LogP contribution >= 0.6 is 0 Å². The second-order valence-electron chi connectivity index (χ2n) is 6.67. The number of amides is 2. The van der Waals surface area contributed by atoms with Crippen molar-refractivity contribution in [2.24, 2.45) is 5.73 Å². The first-order valence-corrected chi connectivity index (χ1v) is 10.7. The lowest BCUT2D eigenvalue weighted by molar-refractivity contribution is -0.118. The van der Waals surface area contributed by atoms with Crippen LogP contribution in [-0.4, -0.2) is 26.8 Å². The molecule has 31 heavy (non-hydrogen) atoms. The first-order valence-electron chi connectivity index (χ1n) is 9.25. The van der Waals surface area contributed by atoms with Gasteiger partial charge in [0.05, 0.1) is 10.6 Å². The lowest BCUT2D eigenvalue weighted by atomic mass is 10.2. The average Bonchev–Trinajstić information content (AvgIpc) is 2.74. The number of anilines is 2. The maximum absolute atomic E-state index is 12.6. The van der Waals surface area contributed by atoms with Crippen LogP contribution in [0.15, 0.2) is 77.7 Å². The van der Waals surface area contributed by atoms with E-state index in [1.807, 2.05) is 19.1 Å². The van der Waals surface area contributed by atoms with E-state index >= 15 is 0 Å². The Hall–Kier alpha value is -3.85. The Morgan fingerprint density at radius 1 is 0.935 bits per heavy atom. The lowest BCUT2D eigenvalue weighted by Gasteiger charge is -2.11. The van der Waals surface area contributed by atoms with E-state index in [1.54, 1.807) is 24.3 Å². The predicted octanol–water partition coefficient (Wildman–Crippen LogP) is 2.91. The lowest BCUT2D eigenvalue weighted by Crippen LogP contribution is -2.20. The zero-order valence-corrected chi connectivity index (χ0v) is 17.5. The summed E-state index contributed by atoms with van der Waals surface area (Å²) in [7, 11) is -3.75. The highest BCUT2D eigenvalue weighted by Gasteiger charge is 2.15. The van der Waals surface area contributed by atoms with E-state index in [0.717, 1.165) is 5.56 Å². The molecule has 2 amide bonds. The van der Waals surface area contributed by atoms with Crippen molar-refractivity contribution in [1.82, 2.24) is 0 Å². The molecular formula is C22H21N3O5S. The Kier molecular flexibility index (Phi) is 6.56. The summed E-state index contributed by atoms with van der Waals surface area (Å²) in [4.78, 5) is 23.2. The minimum atomic E-state index is -3.75. The fraction of sp³-hybridized carbons (Fsp3) is 0.0909. The Morgan fingerprint density at radius 2 is 1.58 bits per heavy atom. The number of benzene rings is 3. The molecule has 0 atom stereocenters. The fourth-order valence-electron chi connectivity index (χ4n) is 2.67. The van der Waals surface area contributed by atoms with Gasteiger partial charge in [0.1, 0.15) is 5.75 Å². The van der Waals surface area contributed by atoms with E-state index in [-0.39, 0.29) is 11.5 Å². The van der Waals surface area contributed by atoms with Crippen LogP contribution in [0.25, 0.3) is 0 Å². The van der Waals surface area contributed by atoms with E-state index in [1.165, 1.54) is 36.4 Å². The van der Waals surface area contributed by atoms with E-state index in [0.29, 0.717) is 22.7 Å². The van der Waals surface area contributed by atoms with Gasteiger partial charge in [0.2, 0.25) is 5.91 Å². The van der Waals surface area contributed by atoms with Crippen LogP contribution in [0, 0.1) is 6.92 Å². The second kappa shape index (κ2) is 9.31.